The van der Waals surface area contributed by atoms with Crippen LogP contribution in [0, 0.1) is 18.6 Å². The molecule has 7 heteroatoms. The number of carboxylic acid groups (broad SMARTS) is 1. The minimum absolute atomic E-state index is 0.0665. The van der Waals surface area contributed by atoms with Gasteiger partial charge in [-0.15, -0.1) is 0 Å². The lowest BCUT2D eigenvalue weighted by Gasteiger charge is -2.11. The summed E-state index contributed by atoms with van der Waals surface area (Å²) in [5, 5.41) is 13.7. The maximum absolute atomic E-state index is 13.6. The van der Waals surface area contributed by atoms with Crippen LogP contribution in [0.5, 0.6) is 0 Å². The number of aromatic nitrogens is 3. The van der Waals surface area contributed by atoms with Crippen LogP contribution in [0.2, 0.25) is 0 Å². The summed E-state index contributed by atoms with van der Waals surface area (Å²) in [6, 6.07) is 3.58. The van der Waals surface area contributed by atoms with Crippen LogP contribution < -0.4 is 0 Å². The van der Waals surface area contributed by atoms with E-state index < -0.39 is 17.6 Å². The second kappa shape index (κ2) is 5.67. The van der Waals surface area contributed by atoms with Gasteiger partial charge in [0.15, 0.2) is 17.3 Å². The number of benzene rings is 1. The summed E-state index contributed by atoms with van der Waals surface area (Å²) in [7, 11) is 0. The average Bonchev–Trinajstić information content (AvgIpc) is 2.84. The van der Waals surface area contributed by atoms with Crippen molar-refractivity contribution in [2.45, 2.75) is 26.7 Å². The molecule has 2 heterocycles. The molecule has 1 N–H and O–H groups in total. The van der Waals surface area contributed by atoms with Crippen molar-refractivity contribution in [3.05, 3.63) is 53.0 Å². The van der Waals surface area contributed by atoms with Gasteiger partial charge in [-0.1, -0.05) is 19.9 Å². The number of fused-ring (bicyclic) bond motifs is 1. The van der Waals surface area contributed by atoms with Gasteiger partial charge in [-0.25, -0.2) is 23.1 Å². The number of aryl methyl sites for hydroxylation is 1. The SMILES string of the molecule is Cc1nn2c(C(C)C)c(C(=O)O)cnc2c1-c1ccc(F)c(F)c1. The molecular weight excluding hydrogens is 316 g/mol. The van der Waals surface area contributed by atoms with Gasteiger partial charge in [0.1, 0.15) is 0 Å². The lowest BCUT2D eigenvalue weighted by Crippen LogP contribution is -2.11. The van der Waals surface area contributed by atoms with Crippen molar-refractivity contribution in [3.8, 4) is 11.1 Å². The molecule has 0 saturated heterocycles. The molecule has 0 atom stereocenters. The predicted molar refractivity (Wildman–Crippen MR) is 84.1 cm³/mol. The highest BCUT2D eigenvalue weighted by Gasteiger charge is 2.22. The molecular formula is C17H15F2N3O2. The van der Waals surface area contributed by atoms with Gasteiger partial charge in [0.25, 0.3) is 0 Å². The Kier molecular flexibility index (Phi) is 3.79. The van der Waals surface area contributed by atoms with Gasteiger partial charge in [-0.2, -0.15) is 5.10 Å². The van der Waals surface area contributed by atoms with Crippen molar-refractivity contribution in [2.75, 3.05) is 0 Å². The fraction of sp³-hybridized carbons (Fsp3) is 0.235. The monoisotopic (exact) mass is 331 g/mol. The molecule has 0 amide bonds. The first-order chi connectivity index (χ1) is 11.3. The summed E-state index contributed by atoms with van der Waals surface area (Å²) in [4.78, 5) is 15.6. The van der Waals surface area contributed by atoms with Gasteiger partial charge in [0.05, 0.1) is 17.0 Å². The molecule has 2 aromatic heterocycles. The molecule has 0 aliphatic rings. The van der Waals surface area contributed by atoms with E-state index in [-0.39, 0.29) is 11.5 Å². The largest absolute Gasteiger partial charge is 0.478 e. The highest BCUT2D eigenvalue weighted by atomic mass is 19.2. The predicted octanol–water partition coefficient (Wildman–Crippen LogP) is 3.80. The van der Waals surface area contributed by atoms with Crippen molar-refractivity contribution >= 4 is 11.6 Å². The molecule has 0 unspecified atom stereocenters. The minimum atomic E-state index is -1.09. The van der Waals surface area contributed by atoms with Gasteiger partial charge in [0, 0.05) is 11.8 Å². The molecule has 0 radical (unpaired) electrons. The van der Waals surface area contributed by atoms with Crippen LogP contribution in [0.3, 0.4) is 0 Å². The van der Waals surface area contributed by atoms with E-state index in [0.717, 1.165) is 12.1 Å². The third-order valence-corrected chi connectivity index (χ3v) is 3.84. The molecule has 0 fully saturated rings. The number of carboxylic acids is 1. The molecule has 5 nitrogen and oxygen atoms in total. The fourth-order valence-electron chi connectivity index (χ4n) is 2.82. The number of carbonyl (C=O) groups is 1. The number of nitrogens with zero attached hydrogens (tertiary/aromatic N) is 3. The van der Waals surface area contributed by atoms with Crippen LogP contribution in [0.25, 0.3) is 16.8 Å². The Hall–Kier alpha value is -2.83. The maximum Gasteiger partial charge on any atom is 0.339 e. The molecule has 0 aliphatic carbocycles. The number of halogens is 2. The molecule has 0 spiro atoms. The smallest absolute Gasteiger partial charge is 0.339 e. The van der Waals surface area contributed by atoms with Crippen LogP contribution in [-0.4, -0.2) is 25.7 Å². The summed E-state index contributed by atoms with van der Waals surface area (Å²) in [6.45, 7) is 5.43. The van der Waals surface area contributed by atoms with Gasteiger partial charge in [-0.3, -0.25) is 0 Å². The van der Waals surface area contributed by atoms with Crippen LogP contribution >= 0.6 is 0 Å². The first-order valence-corrected chi connectivity index (χ1v) is 7.38. The van der Waals surface area contributed by atoms with Crippen molar-refractivity contribution in [1.82, 2.24) is 14.6 Å². The van der Waals surface area contributed by atoms with E-state index in [9.17, 15) is 18.7 Å². The highest BCUT2D eigenvalue weighted by Crippen LogP contribution is 2.31. The molecule has 3 rings (SSSR count). The summed E-state index contributed by atoms with van der Waals surface area (Å²) in [5.41, 5.74) is 2.52. The quantitative estimate of drug-likeness (QED) is 0.792. The van der Waals surface area contributed by atoms with Gasteiger partial charge >= 0.3 is 5.97 Å². The van der Waals surface area contributed by atoms with Crippen LogP contribution in [-0.2, 0) is 0 Å². The first-order valence-electron chi connectivity index (χ1n) is 7.38. The van der Waals surface area contributed by atoms with Crippen LogP contribution in [0.1, 0.15) is 41.5 Å². The van der Waals surface area contributed by atoms with Crippen LogP contribution in [0.15, 0.2) is 24.4 Å². The Balaban J connectivity index is 2.35. The third-order valence-electron chi connectivity index (χ3n) is 3.84. The van der Waals surface area contributed by atoms with E-state index >= 15 is 0 Å². The van der Waals surface area contributed by atoms with E-state index in [1.807, 2.05) is 13.8 Å². The van der Waals surface area contributed by atoms with Crippen molar-refractivity contribution in [3.63, 3.8) is 0 Å². The Morgan fingerprint density at radius 1 is 1.25 bits per heavy atom. The zero-order valence-electron chi connectivity index (χ0n) is 13.3. The molecule has 0 bridgehead atoms. The number of hydrogen-bond donors (Lipinski definition) is 1. The van der Waals surface area contributed by atoms with Gasteiger partial charge in [-0.05, 0) is 30.5 Å². The Bertz CT molecular complexity index is 964. The van der Waals surface area contributed by atoms with Gasteiger partial charge in [0.2, 0.25) is 0 Å². The van der Waals surface area contributed by atoms with Gasteiger partial charge < -0.3 is 5.11 Å². The minimum Gasteiger partial charge on any atom is -0.478 e. The summed E-state index contributed by atoms with van der Waals surface area (Å²) in [6.07, 6.45) is 1.28. The fourth-order valence-corrected chi connectivity index (χ4v) is 2.82. The third kappa shape index (κ3) is 2.42. The zero-order valence-corrected chi connectivity index (χ0v) is 13.3. The van der Waals surface area contributed by atoms with E-state index in [4.69, 9.17) is 0 Å². The molecule has 0 aliphatic heterocycles. The Morgan fingerprint density at radius 3 is 2.54 bits per heavy atom. The molecule has 0 saturated carbocycles. The lowest BCUT2D eigenvalue weighted by atomic mass is 10.0. The topological polar surface area (TPSA) is 67.5 Å². The standard InChI is InChI=1S/C17H15F2N3O2/c1-8(2)15-11(17(23)24)7-20-16-14(9(3)21-22(15)16)10-4-5-12(18)13(19)6-10/h4-8H,1-3H3,(H,23,24). The second-order valence-electron chi connectivity index (χ2n) is 5.84. The van der Waals surface area contributed by atoms with Crippen LogP contribution in [0.4, 0.5) is 8.78 Å². The van der Waals surface area contributed by atoms with E-state index in [1.165, 1.54) is 16.8 Å². The van der Waals surface area contributed by atoms with Crippen molar-refractivity contribution in [1.29, 1.82) is 0 Å². The van der Waals surface area contributed by atoms with E-state index in [1.54, 1.807) is 6.92 Å². The summed E-state index contributed by atoms with van der Waals surface area (Å²) < 4.78 is 28.2. The van der Waals surface area contributed by atoms with E-state index in [0.29, 0.717) is 28.2 Å². The van der Waals surface area contributed by atoms with Crippen molar-refractivity contribution in [2.24, 2.45) is 0 Å². The zero-order chi connectivity index (χ0) is 17.6. The summed E-state index contributed by atoms with van der Waals surface area (Å²) >= 11 is 0. The number of aromatic carboxylic acids is 1. The normalized spacial score (nSPS) is 11.4. The number of rotatable bonds is 3. The molecule has 1 aromatic carbocycles. The summed E-state index contributed by atoms with van der Waals surface area (Å²) in [5.74, 6) is -3.09. The average molecular weight is 331 g/mol. The second-order valence-corrected chi connectivity index (χ2v) is 5.84. The molecule has 124 valence electrons. The molecule has 24 heavy (non-hydrogen) atoms. The Morgan fingerprint density at radius 2 is 1.96 bits per heavy atom. The first kappa shape index (κ1) is 16.0. The maximum atomic E-state index is 13.6. The molecule has 3 aromatic rings. The van der Waals surface area contributed by atoms with E-state index in [2.05, 4.69) is 10.1 Å². The Labute approximate surface area is 136 Å². The van der Waals surface area contributed by atoms with Crippen molar-refractivity contribution < 1.29 is 18.7 Å². The highest BCUT2D eigenvalue weighted by molar-refractivity contribution is 5.90. The lowest BCUT2D eigenvalue weighted by molar-refractivity contribution is 0.0693. The number of hydrogen-bond acceptors (Lipinski definition) is 3.